The Balaban J connectivity index is 1.83. The summed E-state index contributed by atoms with van der Waals surface area (Å²) >= 11 is 0. The summed E-state index contributed by atoms with van der Waals surface area (Å²) in [5.74, 6) is 1.50. The number of aliphatic hydroxyl groups is 1. The lowest BCUT2D eigenvalue weighted by Crippen LogP contribution is -2.22. The van der Waals surface area contributed by atoms with Gasteiger partial charge in [-0.2, -0.15) is 0 Å². The molecule has 1 saturated carbocycles. The highest BCUT2D eigenvalue weighted by Crippen LogP contribution is 2.38. The van der Waals surface area contributed by atoms with Crippen LogP contribution in [0.1, 0.15) is 57.0 Å². The molecule has 0 unspecified atom stereocenters. The fourth-order valence-corrected chi connectivity index (χ4v) is 4.33. The molecule has 25 heavy (non-hydrogen) atoms. The summed E-state index contributed by atoms with van der Waals surface area (Å²) in [6.45, 7) is 2.58. The van der Waals surface area contributed by atoms with Gasteiger partial charge in [-0.25, -0.2) is 4.98 Å². The van der Waals surface area contributed by atoms with E-state index < -0.39 is 6.10 Å². The number of para-hydroxylation sites is 1. The van der Waals surface area contributed by atoms with Crippen molar-refractivity contribution < 1.29 is 5.11 Å². The van der Waals surface area contributed by atoms with Gasteiger partial charge in [-0.05, 0) is 57.6 Å². The van der Waals surface area contributed by atoms with Crippen LogP contribution in [0.5, 0.6) is 0 Å². The lowest BCUT2D eigenvalue weighted by Gasteiger charge is -2.31. The Morgan fingerprint density at radius 2 is 1.96 bits per heavy atom. The van der Waals surface area contributed by atoms with E-state index >= 15 is 0 Å². The maximum Gasteiger partial charge on any atom is 0.138 e. The SMILES string of the molecule is C[C@@H](O)c1nc2cnc3ccccc3c2n1[C@H]1CC[C@H](CCN)CC1. The summed E-state index contributed by atoms with van der Waals surface area (Å²) < 4.78 is 2.29. The second-order valence-corrected chi connectivity index (χ2v) is 7.28. The fraction of sp³-hybridized carbons (Fsp3) is 0.500. The van der Waals surface area contributed by atoms with E-state index in [9.17, 15) is 5.11 Å². The Morgan fingerprint density at radius 3 is 2.68 bits per heavy atom. The van der Waals surface area contributed by atoms with Gasteiger partial charge in [0.2, 0.25) is 0 Å². The molecule has 2 aromatic heterocycles. The summed E-state index contributed by atoms with van der Waals surface area (Å²) in [7, 11) is 0. The zero-order valence-corrected chi connectivity index (χ0v) is 14.7. The molecule has 5 heteroatoms. The summed E-state index contributed by atoms with van der Waals surface area (Å²) in [6.07, 6.45) is 6.99. The summed E-state index contributed by atoms with van der Waals surface area (Å²) in [5.41, 5.74) is 8.70. The number of pyridine rings is 1. The molecule has 1 aliphatic carbocycles. The van der Waals surface area contributed by atoms with Gasteiger partial charge in [0.05, 0.1) is 17.2 Å². The van der Waals surface area contributed by atoms with E-state index in [0.717, 1.165) is 59.5 Å². The average molecular weight is 338 g/mol. The zero-order chi connectivity index (χ0) is 17.4. The highest BCUT2D eigenvalue weighted by molar-refractivity contribution is 6.02. The van der Waals surface area contributed by atoms with Crippen LogP contribution >= 0.6 is 0 Å². The van der Waals surface area contributed by atoms with Gasteiger partial charge in [-0.15, -0.1) is 0 Å². The molecule has 0 aliphatic heterocycles. The lowest BCUT2D eigenvalue weighted by atomic mass is 9.84. The van der Waals surface area contributed by atoms with E-state index in [4.69, 9.17) is 10.7 Å². The van der Waals surface area contributed by atoms with Crippen molar-refractivity contribution in [2.45, 2.75) is 51.2 Å². The molecule has 1 atom stereocenters. The van der Waals surface area contributed by atoms with Crippen LogP contribution in [0.4, 0.5) is 0 Å². The Hall–Kier alpha value is -1.98. The standard InChI is InChI=1S/C20H26N4O/c1-13(25)20-23-18-12-22-17-5-3-2-4-16(17)19(18)24(20)15-8-6-14(7-9-15)10-11-21/h2-5,12-15,25H,6-11,21H2,1H3/t13-,14-,15-/m1/s1. The number of rotatable bonds is 4. The second kappa shape index (κ2) is 6.73. The molecule has 2 heterocycles. The highest BCUT2D eigenvalue weighted by atomic mass is 16.3. The van der Waals surface area contributed by atoms with Gasteiger partial charge in [-0.1, -0.05) is 18.2 Å². The van der Waals surface area contributed by atoms with Crippen molar-refractivity contribution in [1.29, 1.82) is 0 Å². The molecule has 3 aromatic rings. The van der Waals surface area contributed by atoms with Crippen LogP contribution in [-0.4, -0.2) is 26.2 Å². The highest BCUT2D eigenvalue weighted by Gasteiger charge is 2.27. The third-order valence-corrected chi connectivity index (χ3v) is 5.58. The maximum absolute atomic E-state index is 10.3. The molecule has 132 valence electrons. The summed E-state index contributed by atoms with van der Waals surface area (Å²) in [5, 5.41) is 11.4. The van der Waals surface area contributed by atoms with Crippen molar-refractivity contribution in [1.82, 2.24) is 14.5 Å². The Labute approximate surface area is 147 Å². The number of hydrogen-bond donors (Lipinski definition) is 2. The molecule has 0 bridgehead atoms. The van der Waals surface area contributed by atoms with Gasteiger partial charge in [0.15, 0.2) is 0 Å². The van der Waals surface area contributed by atoms with Crippen LogP contribution < -0.4 is 5.73 Å². The van der Waals surface area contributed by atoms with E-state index in [1.807, 2.05) is 24.4 Å². The number of imidazole rings is 1. The minimum atomic E-state index is -0.590. The summed E-state index contributed by atoms with van der Waals surface area (Å²) in [6, 6.07) is 8.58. The number of benzene rings is 1. The normalized spacial score (nSPS) is 22.5. The van der Waals surface area contributed by atoms with Crippen molar-refractivity contribution in [2.24, 2.45) is 11.7 Å². The molecule has 0 radical (unpaired) electrons. The average Bonchev–Trinajstić information content (AvgIpc) is 3.03. The first-order valence-electron chi connectivity index (χ1n) is 9.32. The number of aromatic nitrogens is 3. The molecule has 1 aliphatic rings. The Bertz CT molecular complexity index is 878. The molecule has 0 spiro atoms. The first-order valence-corrected chi connectivity index (χ1v) is 9.32. The van der Waals surface area contributed by atoms with Gasteiger partial charge in [0.1, 0.15) is 17.4 Å². The fourth-order valence-electron chi connectivity index (χ4n) is 4.33. The van der Waals surface area contributed by atoms with Crippen LogP contribution in [-0.2, 0) is 0 Å². The Morgan fingerprint density at radius 1 is 1.20 bits per heavy atom. The minimum Gasteiger partial charge on any atom is -0.385 e. The quantitative estimate of drug-likeness (QED) is 0.760. The number of hydrogen-bond acceptors (Lipinski definition) is 4. The van der Waals surface area contributed by atoms with Crippen LogP contribution in [0.2, 0.25) is 0 Å². The van der Waals surface area contributed by atoms with Crippen LogP contribution in [0.15, 0.2) is 30.5 Å². The van der Waals surface area contributed by atoms with Gasteiger partial charge in [0.25, 0.3) is 0 Å². The predicted molar refractivity (Wildman–Crippen MR) is 100 cm³/mol. The molecule has 0 saturated heterocycles. The number of aliphatic hydroxyl groups excluding tert-OH is 1. The topological polar surface area (TPSA) is 77.0 Å². The zero-order valence-electron chi connectivity index (χ0n) is 14.7. The van der Waals surface area contributed by atoms with Crippen molar-refractivity contribution in [2.75, 3.05) is 6.54 Å². The molecule has 1 fully saturated rings. The second-order valence-electron chi connectivity index (χ2n) is 7.28. The summed E-state index contributed by atoms with van der Waals surface area (Å²) in [4.78, 5) is 9.26. The molecular formula is C20H26N4O. The van der Waals surface area contributed by atoms with Crippen LogP contribution in [0.3, 0.4) is 0 Å². The molecule has 5 nitrogen and oxygen atoms in total. The van der Waals surface area contributed by atoms with Gasteiger partial charge < -0.3 is 15.4 Å². The maximum atomic E-state index is 10.3. The first kappa shape index (κ1) is 16.5. The van der Waals surface area contributed by atoms with Gasteiger partial charge in [0, 0.05) is 11.4 Å². The number of nitrogens with two attached hydrogens (primary N) is 1. The van der Waals surface area contributed by atoms with E-state index in [-0.39, 0.29) is 0 Å². The van der Waals surface area contributed by atoms with Gasteiger partial charge in [-0.3, -0.25) is 4.98 Å². The van der Waals surface area contributed by atoms with E-state index in [1.165, 1.54) is 12.8 Å². The van der Waals surface area contributed by atoms with Crippen molar-refractivity contribution in [3.8, 4) is 0 Å². The molecule has 1 aromatic carbocycles. The molecule has 4 rings (SSSR count). The van der Waals surface area contributed by atoms with Gasteiger partial charge >= 0.3 is 0 Å². The monoisotopic (exact) mass is 338 g/mol. The largest absolute Gasteiger partial charge is 0.385 e. The minimum absolute atomic E-state index is 0.384. The third-order valence-electron chi connectivity index (χ3n) is 5.58. The number of nitrogens with zero attached hydrogens (tertiary/aromatic N) is 3. The van der Waals surface area contributed by atoms with Crippen LogP contribution in [0.25, 0.3) is 21.9 Å². The predicted octanol–water partition coefficient (Wildman–Crippen LogP) is 3.72. The molecular weight excluding hydrogens is 312 g/mol. The first-order chi connectivity index (χ1) is 12.2. The van der Waals surface area contributed by atoms with E-state index in [0.29, 0.717) is 6.04 Å². The third kappa shape index (κ3) is 2.92. The van der Waals surface area contributed by atoms with Crippen LogP contribution in [0, 0.1) is 5.92 Å². The molecule has 3 N–H and O–H groups in total. The van der Waals surface area contributed by atoms with E-state index in [1.54, 1.807) is 6.92 Å². The number of fused-ring (bicyclic) bond motifs is 3. The lowest BCUT2D eigenvalue weighted by molar-refractivity contribution is 0.174. The van der Waals surface area contributed by atoms with E-state index in [2.05, 4.69) is 15.6 Å². The molecule has 0 amide bonds. The van der Waals surface area contributed by atoms with Crippen molar-refractivity contribution in [3.63, 3.8) is 0 Å². The Kier molecular flexibility index (Phi) is 4.44. The van der Waals surface area contributed by atoms with Crippen molar-refractivity contribution in [3.05, 3.63) is 36.3 Å². The van der Waals surface area contributed by atoms with Crippen molar-refractivity contribution >= 4 is 21.9 Å². The smallest absolute Gasteiger partial charge is 0.138 e.